The molecule has 1 unspecified atom stereocenters. The second-order valence-electron chi connectivity index (χ2n) is 6.70. The molecule has 0 aromatic heterocycles. The molecule has 7 heteroatoms. The lowest BCUT2D eigenvalue weighted by Crippen LogP contribution is -2.48. The van der Waals surface area contributed by atoms with E-state index in [0.29, 0.717) is 46.2 Å². The van der Waals surface area contributed by atoms with E-state index in [1.54, 1.807) is 7.11 Å². The summed E-state index contributed by atoms with van der Waals surface area (Å²) in [4.78, 5) is 12.8. The summed E-state index contributed by atoms with van der Waals surface area (Å²) in [6.07, 6.45) is -0.220. The molecule has 0 spiro atoms. The van der Waals surface area contributed by atoms with Gasteiger partial charge in [-0.2, -0.15) is 0 Å². The van der Waals surface area contributed by atoms with E-state index in [9.17, 15) is 9.90 Å². The fourth-order valence-corrected chi connectivity index (χ4v) is 2.90. The van der Waals surface area contributed by atoms with E-state index >= 15 is 0 Å². The van der Waals surface area contributed by atoms with E-state index in [2.05, 4.69) is 0 Å². The number of carbonyl (C=O) groups is 1. The summed E-state index contributed by atoms with van der Waals surface area (Å²) in [7, 11) is 1.64. The fraction of sp³-hybridized carbons (Fsp3) is 0.938. The van der Waals surface area contributed by atoms with Crippen LogP contribution in [0.5, 0.6) is 0 Å². The fourth-order valence-electron chi connectivity index (χ4n) is 2.90. The number of hydrogen-bond acceptors (Lipinski definition) is 5. The summed E-state index contributed by atoms with van der Waals surface area (Å²) in [5, 5.41) is 9.32. The number of amides is 1. The van der Waals surface area contributed by atoms with E-state index in [-0.39, 0.29) is 17.6 Å². The van der Waals surface area contributed by atoms with Crippen molar-refractivity contribution in [2.24, 2.45) is 5.41 Å². The molecule has 0 aliphatic carbocycles. The molecule has 1 amide bonds. The third-order valence-electron chi connectivity index (χ3n) is 3.84. The van der Waals surface area contributed by atoms with Crippen LogP contribution in [0.25, 0.3) is 0 Å². The number of methoxy groups -OCH3 is 1. The average Bonchev–Trinajstić information content (AvgIpc) is 2.90. The lowest BCUT2D eigenvalue weighted by molar-refractivity contribution is -0.0399. The van der Waals surface area contributed by atoms with Gasteiger partial charge in [-0.3, -0.25) is 0 Å². The minimum atomic E-state index is -0.875. The van der Waals surface area contributed by atoms with E-state index in [0.717, 1.165) is 6.42 Å². The highest BCUT2D eigenvalue weighted by atomic mass is 16.6. The highest BCUT2D eigenvalue weighted by Gasteiger charge is 2.44. The van der Waals surface area contributed by atoms with Gasteiger partial charge in [0.1, 0.15) is 0 Å². The number of ether oxygens (including phenoxy) is 4. The molecule has 1 N–H and O–H groups in total. The van der Waals surface area contributed by atoms with Crippen LogP contribution in [0.1, 0.15) is 27.2 Å². The van der Waals surface area contributed by atoms with Crippen LogP contribution in [0.2, 0.25) is 0 Å². The Balaban J connectivity index is 2.22. The Bertz CT molecular complexity index is 344. The number of nitrogens with zero attached hydrogens (tertiary/aromatic N) is 1. The van der Waals surface area contributed by atoms with Crippen LogP contribution in [-0.4, -0.2) is 81.5 Å². The Morgan fingerprint density at radius 2 is 1.65 bits per heavy atom. The summed E-state index contributed by atoms with van der Waals surface area (Å²) in [5.41, 5.74) is -0.157. The molecule has 2 atom stereocenters. The van der Waals surface area contributed by atoms with Crippen LogP contribution in [-0.2, 0) is 18.9 Å². The van der Waals surface area contributed by atoms with Crippen molar-refractivity contribution in [1.82, 2.24) is 4.90 Å². The first-order valence-corrected chi connectivity index (χ1v) is 8.13. The smallest absolute Gasteiger partial charge is 0.407 e. The molecule has 1 saturated heterocycles. The van der Waals surface area contributed by atoms with E-state index in [1.165, 1.54) is 4.90 Å². The van der Waals surface area contributed by atoms with Gasteiger partial charge in [-0.1, -0.05) is 20.8 Å². The first-order chi connectivity index (χ1) is 10.9. The van der Waals surface area contributed by atoms with Crippen molar-refractivity contribution in [2.45, 2.75) is 39.3 Å². The Labute approximate surface area is 138 Å². The van der Waals surface area contributed by atoms with Crippen molar-refractivity contribution in [3.8, 4) is 0 Å². The maximum atomic E-state index is 11.4. The molecule has 136 valence electrons. The predicted octanol–water partition coefficient (Wildman–Crippen LogP) is 1.85. The first kappa shape index (κ1) is 20.2. The van der Waals surface area contributed by atoms with Crippen LogP contribution < -0.4 is 0 Å². The van der Waals surface area contributed by atoms with Crippen molar-refractivity contribution in [1.29, 1.82) is 0 Å². The summed E-state index contributed by atoms with van der Waals surface area (Å²) in [6, 6.07) is -0.127. The van der Waals surface area contributed by atoms with Gasteiger partial charge < -0.3 is 29.0 Å². The number of hydrogen-bond donors (Lipinski definition) is 1. The van der Waals surface area contributed by atoms with Gasteiger partial charge in [-0.15, -0.1) is 0 Å². The van der Waals surface area contributed by atoms with E-state index in [1.807, 2.05) is 20.8 Å². The first-order valence-electron chi connectivity index (χ1n) is 8.13. The minimum absolute atomic E-state index is 0.0762. The molecule has 1 heterocycles. The number of carboxylic acid groups (broad SMARTS) is 1. The van der Waals surface area contributed by atoms with Gasteiger partial charge in [0, 0.05) is 13.7 Å². The summed E-state index contributed by atoms with van der Waals surface area (Å²) >= 11 is 0. The Hall–Kier alpha value is -0.890. The predicted molar refractivity (Wildman–Crippen MR) is 85.8 cm³/mol. The van der Waals surface area contributed by atoms with Gasteiger partial charge in [0.25, 0.3) is 0 Å². The molecule has 1 aliphatic heterocycles. The third kappa shape index (κ3) is 7.03. The Morgan fingerprint density at radius 1 is 1.09 bits per heavy atom. The lowest BCUT2D eigenvalue weighted by Gasteiger charge is -2.36. The average molecular weight is 333 g/mol. The normalized spacial score (nSPS) is 21.8. The summed E-state index contributed by atoms with van der Waals surface area (Å²) in [6.45, 7) is 9.80. The molecular weight excluding hydrogens is 302 g/mol. The number of likely N-dealkylation sites (tertiary alicyclic amines) is 1. The summed E-state index contributed by atoms with van der Waals surface area (Å²) < 4.78 is 21.5. The molecule has 0 aromatic rings. The van der Waals surface area contributed by atoms with Crippen molar-refractivity contribution in [3.63, 3.8) is 0 Å². The SMILES string of the molecule is COCCOCCOCCO[C@H]1CCN(C(=O)O)C1C(C)(C)C. The van der Waals surface area contributed by atoms with Crippen LogP contribution >= 0.6 is 0 Å². The maximum absolute atomic E-state index is 11.4. The van der Waals surface area contributed by atoms with Gasteiger partial charge in [0.15, 0.2) is 0 Å². The van der Waals surface area contributed by atoms with E-state index in [4.69, 9.17) is 18.9 Å². The zero-order chi connectivity index (χ0) is 17.3. The van der Waals surface area contributed by atoms with Gasteiger partial charge in [-0.25, -0.2) is 4.79 Å². The van der Waals surface area contributed by atoms with E-state index < -0.39 is 6.09 Å². The lowest BCUT2D eigenvalue weighted by atomic mass is 9.84. The maximum Gasteiger partial charge on any atom is 0.407 e. The monoisotopic (exact) mass is 333 g/mol. The van der Waals surface area contributed by atoms with Crippen LogP contribution in [0, 0.1) is 5.41 Å². The minimum Gasteiger partial charge on any atom is -0.465 e. The molecule has 0 aromatic carbocycles. The molecule has 1 fully saturated rings. The van der Waals surface area contributed by atoms with Crippen LogP contribution in [0.4, 0.5) is 4.79 Å². The van der Waals surface area contributed by atoms with Gasteiger partial charge in [-0.05, 0) is 11.8 Å². The second-order valence-corrected chi connectivity index (χ2v) is 6.70. The van der Waals surface area contributed by atoms with Gasteiger partial charge in [0.05, 0.1) is 51.8 Å². The van der Waals surface area contributed by atoms with Crippen LogP contribution in [0.15, 0.2) is 0 Å². The highest BCUT2D eigenvalue weighted by molar-refractivity contribution is 5.66. The molecule has 0 radical (unpaired) electrons. The quantitative estimate of drug-likeness (QED) is 0.615. The zero-order valence-electron chi connectivity index (χ0n) is 14.7. The highest BCUT2D eigenvalue weighted by Crippen LogP contribution is 2.34. The molecule has 0 bridgehead atoms. The van der Waals surface area contributed by atoms with Crippen molar-refractivity contribution in [3.05, 3.63) is 0 Å². The second kappa shape index (κ2) is 10.1. The molecule has 0 saturated carbocycles. The largest absolute Gasteiger partial charge is 0.465 e. The third-order valence-corrected chi connectivity index (χ3v) is 3.84. The van der Waals surface area contributed by atoms with Crippen LogP contribution in [0.3, 0.4) is 0 Å². The van der Waals surface area contributed by atoms with Gasteiger partial charge in [0.2, 0.25) is 0 Å². The number of rotatable bonds is 10. The van der Waals surface area contributed by atoms with Crippen molar-refractivity contribution in [2.75, 3.05) is 53.3 Å². The Morgan fingerprint density at radius 3 is 2.17 bits per heavy atom. The van der Waals surface area contributed by atoms with Crippen molar-refractivity contribution < 1.29 is 28.8 Å². The standard InChI is InChI=1S/C16H31NO6/c1-16(2,3)14-13(5-6-17(14)15(18)19)23-12-11-22-10-9-21-8-7-20-4/h13-14H,5-12H2,1-4H3,(H,18,19)/t13-,14?/m0/s1. The Kier molecular flexibility index (Phi) is 8.83. The molecule has 23 heavy (non-hydrogen) atoms. The molecular formula is C16H31NO6. The molecule has 1 rings (SSSR count). The molecule has 7 nitrogen and oxygen atoms in total. The summed E-state index contributed by atoms with van der Waals surface area (Å²) in [5.74, 6) is 0. The van der Waals surface area contributed by atoms with Crippen molar-refractivity contribution >= 4 is 6.09 Å². The van der Waals surface area contributed by atoms with Gasteiger partial charge >= 0.3 is 6.09 Å². The molecule has 1 aliphatic rings. The topological polar surface area (TPSA) is 77.5 Å². The zero-order valence-corrected chi connectivity index (χ0v) is 14.7.